The molecule has 1 saturated carbocycles. The maximum atomic E-state index is 12.2. The molecule has 1 aliphatic heterocycles. The highest BCUT2D eigenvalue weighted by molar-refractivity contribution is 5.76. The Morgan fingerprint density at radius 1 is 1.20 bits per heavy atom. The Kier molecular flexibility index (Phi) is 4.42. The van der Waals surface area contributed by atoms with Crippen molar-refractivity contribution in [2.75, 3.05) is 18.0 Å². The Hall–Kier alpha value is -2.37. The van der Waals surface area contributed by atoms with E-state index < -0.39 is 0 Å². The number of piperidine rings is 1. The average molecular weight is 340 g/mol. The SMILES string of the molecule is O=C(CC1CCN(c2cc(=O)n3ccccc3n2)CC1)NC1CCC1. The lowest BCUT2D eigenvalue weighted by atomic mass is 9.90. The van der Waals surface area contributed by atoms with Crippen LogP contribution < -0.4 is 15.8 Å². The predicted molar refractivity (Wildman–Crippen MR) is 96.8 cm³/mol. The van der Waals surface area contributed by atoms with E-state index in [1.807, 2.05) is 18.2 Å². The normalized spacial score (nSPS) is 19.0. The van der Waals surface area contributed by atoms with E-state index in [0.29, 0.717) is 24.0 Å². The van der Waals surface area contributed by atoms with E-state index >= 15 is 0 Å². The highest BCUT2D eigenvalue weighted by Gasteiger charge is 2.25. The molecule has 3 heterocycles. The minimum atomic E-state index is -0.0531. The lowest BCUT2D eigenvalue weighted by Crippen LogP contribution is -2.41. The molecule has 6 nitrogen and oxygen atoms in total. The number of pyridine rings is 1. The topological polar surface area (TPSA) is 66.7 Å². The van der Waals surface area contributed by atoms with Crippen LogP contribution in [0.3, 0.4) is 0 Å². The Balaban J connectivity index is 1.37. The zero-order chi connectivity index (χ0) is 17.2. The summed E-state index contributed by atoms with van der Waals surface area (Å²) in [5, 5.41) is 3.13. The number of carbonyl (C=O) groups is 1. The van der Waals surface area contributed by atoms with E-state index in [4.69, 9.17) is 0 Å². The summed E-state index contributed by atoms with van der Waals surface area (Å²) in [4.78, 5) is 31.1. The molecule has 0 unspecified atom stereocenters. The summed E-state index contributed by atoms with van der Waals surface area (Å²) in [6.07, 6.45) is 7.80. The van der Waals surface area contributed by atoms with Crippen LogP contribution in [-0.4, -0.2) is 34.4 Å². The van der Waals surface area contributed by atoms with Crippen molar-refractivity contribution in [2.24, 2.45) is 5.92 Å². The molecule has 4 rings (SSSR count). The van der Waals surface area contributed by atoms with Crippen molar-refractivity contribution in [2.45, 2.75) is 44.6 Å². The van der Waals surface area contributed by atoms with Gasteiger partial charge in [-0.05, 0) is 50.2 Å². The zero-order valence-corrected chi connectivity index (χ0v) is 14.4. The summed E-state index contributed by atoms with van der Waals surface area (Å²) in [5.74, 6) is 1.37. The first-order valence-corrected chi connectivity index (χ1v) is 9.22. The molecule has 2 fully saturated rings. The fraction of sp³-hybridized carbons (Fsp3) is 0.526. The molecule has 0 bridgehead atoms. The second kappa shape index (κ2) is 6.86. The van der Waals surface area contributed by atoms with Gasteiger partial charge in [-0.2, -0.15) is 0 Å². The van der Waals surface area contributed by atoms with Gasteiger partial charge in [0.05, 0.1) is 0 Å². The van der Waals surface area contributed by atoms with Crippen molar-refractivity contribution >= 4 is 17.4 Å². The standard InChI is InChI=1S/C19H24N4O2/c24-18(20-15-4-3-5-15)12-14-7-10-22(11-8-14)17-13-19(25)23-9-2-1-6-16(23)21-17/h1-2,6,9,13-15H,3-5,7-8,10-12H2,(H,20,24). The van der Waals surface area contributed by atoms with Crippen molar-refractivity contribution < 1.29 is 4.79 Å². The van der Waals surface area contributed by atoms with Crippen molar-refractivity contribution in [1.82, 2.24) is 14.7 Å². The Labute approximate surface area is 146 Å². The van der Waals surface area contributed by atoms with Gasteiger partial charge in [-0.3, -0.25) is 14.0 Å². The first-order chi connectivity index (χ1) is 12.2. The van der Waals surface area contributed by atoms with Crippen LogP contribution in [0.2, 0.25) is 0 Å². The van der Waals surface area contributed by atoms with Gasteiger partial charge in [0.15, 0.2) is 0 Å². The third-order valence-corrected chi connectivity index (χ3v) is 5.44. The van der Waals surface area contributed by atoms with E-state index in [9.17, 15) is 9.59 Å². The molecule has 1 aliphatic carbocycles. The minimum Gasteiger partial charge on any atom is -0.356 e. The molecule has 25 heavy (non-hydrogen) atoms. The number of hydrogen-bond donors (Lipinski definition) is 1. The van der Waals surface area contributed by atoms with Gasteiger partial charge in [0.25, 0.3) is 5.56 Å². The predicted octanol–water partition coefficient (Wildman–Crippen LogP) is 1.97. The van der Waals surface area contributed by atoms with Gasteiger partial charge in [-0.1, -0.05) is 6.07 Å². The molecule has 2 aromatic heterocycles. The van der Waals surface area contributed by atoms with Crippen LogP contribution in [0.4, 0.5) is 5.82 Å². The second-order valence-corrected chi connectivity index (χ2v) is 7.21. The number of aromatic nitrogens is 2. The van der Waals surface area contributed by atoms with Crippen LogP contribution in [0.5, 0.6) is 0 Å². The third kappa shape index (κ3) is 3.52. The molecule has 1 amide bonds. The molecular weight excluding hydrogens is 316 g/mol. The third-order valence-electron chi connectivity index (χ3n) is 5.44. The quantitative estimate of drug-likeness (QED) is 0.924. The molecule has 1 saturated heterocycles. The number of rotatable bonds is 4. The molecule has 2 aliphatic rings. The van der Waals surface area contributed by atoms with Crippen LogP contribution in [0.15, 0.2) is 35.3 Å². The molecule has 2 aromatic rings. The van der Waals surface area contributed by atoms with Crippen LogP contribution in [-0.2, 0) is 4.79 Å². The van der Waals surface area contributed by atoms with E-state index in [0.717, 1.165) is 44.6 Å². The number of carbonyl (C=O) groups excluding carboxylic acids is 1. The molecule has 6 heteroatoms. The van der Waals surface area contributed by atoms with Gasteiger partial charge in [-0.25, -0.2) is 4.98 Å². The molecule has 0 atom stereocenters. The largest absolute Gasteiger partial charge is 0.356 e. The number of nitrogens with one attached hydrogen (secondary N) is 1. The highest BCUT2D eigenvalue weighted by atomic mass is 16.1. The lowest BCUT2D eigenvalue weighted by molar-refractivity contribution is -0.123. The van der Waals surface area contributed by atoms with E-state index in [2.05, 4.69) is 15.2 Å². The average Bonchev–Trinajstić information content (AvgIpc) is 2.59. The van der Waals surface area contributed by atoms with Crippen LogP contribution in [0, 0.1) is 5.92 Å². The minimum absolute atomic E-state index is 0.0531. The zero-order valence-electron chi connectivity index (χ0n) is 14.4. The summed E-state index contributed by atoms with van der Waals surface area (Å²) in [6.45, 7) is 1.69. The summed E-state index contributed by atoms with van der Waals surface area (Å²) in [7, 11) is 0. The van der Waals surface area contributed by atoms with E-state index in [-0.39, 0.29) is 11.5 Å². The smallest absolute Gasteiger partial charge is 0.259 e. The number of amides is 1. The van der Waals surface area contributed by atoms with Crippen molar-refractivity contribution in [3.05, 3.63) is 40.8 Å². The van der Waals surface area contributed by atoms with Crippen molar-refractivity contribution in [1.29, 1.82) is 0 Å². The van der Waals surface area contributed by atoms with Crippen LogP contribution in [0.25, 0.3) is 5.65 Å². The molecular formula is C19H24N4O2. The fourth-order valence-electron chi connectivity index (χ4n) is 3.67. The van der Waals surface area contributed by atoms with Crippen molar-refractivity contribution in [3.8, 4) is 0 Å². The summed E-state index contributed by atoms with van der Waals surface area (Å²) >= 11 is 0. The second-order valence-electron chi connectivity index (χ2n) is 7.21. The Morgan fingerprint density at radius 3 is 2.72 bits per heavy atom. The molecule has 0 aromatic carbocycles. The summed E-state index contributed by atoms with van der Waals surface area (Å²) in [6, 6.07) is 7.59. The number of nitrogens with zero attached hydrogens (tertiary/aromatic N) is 3. The van der Waals surface area contributed by atoms with Crippen molar-refractivity contribution in [3.63, 3.8) is 0 Å². The first kappa shape index (κ1) is 16.1. The van der Waals surface area contributed by atoms with Crippen LogP contribution >= 0.6 is 0 Å². The molecule has 132 valence electrons. The Morgan fingerprint density at radius 2 is 2.00 bits per heavy atom. The summed E-state index contributed by atoms with van der Waals surface area (Å²) < 4.78 is 1.56. The van der Waals surface area contributed by atoms with Gasteiger partial charge in [-0.15, -0.1) is 0 Å². The number of hydrogen-bond acceptors (Lipinski definition) is 4. The number of fused-ring (bicyclic) bond motifs is 1. The van der Waals surface area contributed by atoms with Gasteiger partial charge in [0, 0.05) is 37.8 Å². The first-order valence-electron chi connectivity index (χ1n) is 9.22. The van der Waals surface area contributed by atoms with Gasteiger partial charge < -0.3 is 10.2 Å². The fourth-order valence-corrected chi connectivity index (χ4v) is 3.67. The van der Waals surface area contributed by atoms with Gasteiger partial charge >= 0.3 is 0 Å². The highest BCUT2D eigenvalue weighted by Crippen LogP contribution is 2.24. The van der Waals surface area contributed by atoms with Crippen LogP contribution in [0.1, 0.15) is 38.5 Å². The monoisotopic (exact) mass is 340 g/mol. The lowest BCUT2D eigenvalue weighted by Gasteiger charge is -2.33. The Bertz CT molecular complexity index is 820. The van der Waals surface area contributed by atoms with Gasteiger partial charge in [0.2, 0.25) is 5.91 Å². The molecule has 0 radical (unpaired) electrons. The number of anilines is 1. The van der Waals surface area contributed by atoms with E-state index in [1.54, 1.807) is 16.7 Å². The van der Waals surface area contributed by atoms with Gasteiger partial charge in [0.1, 0.15) is 11.5 Å². The molecule has 1 N–H and O–H groups in total. The van der Waals surface area contributed by atoms with E-state index in [1.165, 1.54) is 6.42 Å². The maximum absolute atomic E-state index is 12.2. The molecule has 0 spiro atoms. The maximum Gasteiger partial charge on any atom is 0.259 e. The summed E-state index contributed by atoms with van der Waals surface area (Å²) in [5.41, 5.74) is 0.620.